The number of carbonyl (C=O) groups is 1. The first kappa shape index (κ1) is 14.3. The Labute approximate surface area is 114 Å². The maximum atomic E-state index is 12.0. The number of H-pyrrole nitrogens is 1. The van der Waals surface area contributed by atoms with E-state index in [4.69, 9.17) is 4.42 Å². The minimum absolute atomic E-state index is 0.0180. The van der Waals surface area contributed by atoms with Crippen LogP contribution >= 0.6 is 0 Å². The fourth-order valence-corrected chi connectivity index (χ4v) is 2.65. The molecule has 108 valence electrons. The molecule has 2 rings (SSSR count). The van der Waals surface area contributed by atoms with E-state index in [1.807, 2.05) is 0 Å². The third-order valence-electron chi connectivity index (χ3n) is 2.49. The predicted octanol–water partition coefficient (Wildman–Crippen LogP) is -0.465. The summed E-state index contributed by atoms with van der Waals surface area (Å²) in [5.41, 5.74) is 0.590. The van der Waals surface area contributed by atoms with Crippen LogP contribution in [0.15, 0.2) is 32.3 Å². The second-order valence-corrected chi connectivity index (χ2v) is 5.82. The lowest BCUT2D eigenvalue weighted by molar-refractivity contribution is -0.118. The van der Waals surface area contributed by atoms with Gasteiger partial charge in [-0.1, -0.05) is 0 Å². The van der Waals surface area contributed by atoms with Gasteiger partial charge in [-0.3, -0.25) is 9.78 Å². The van der Waals surface area contributed by atoms with Crippen molar-refractivity contribution in [2.75, 3.05) is 13.1 Å². The zero-order valence-corrected chi connectivity index (χ0v) is 11.4. The normalized spacial score (nSPS) is 11.7. The van der Waals surface area contributed by atoms with Gasteiger partial charge in [-0.15, -0.1) is 0 Å². The summed E-state index contributed by atoms with van der Waals surface area (Å²) in [4.78, 5) is 24.0. The number of aromatic nitrogens is 1. The topological polar surface area (TPSA) is 121 Å². The molecular weight excluding hydrogens is 286 g/mol. The highest BCUT2D eigenvalue weighted by molar-refractivity contribution is 7.89. The van der Waals surface area contributed by atoms with Crippen LogP contribution in [0.2, 0.25) is 0 Å². The minimum atomic E-state index is -3.72. The molecule has 1 heterocycles. The Kier molecular flexibility index (Phi) is 3.91. The predicted molar refractivity (Wildman–Crippen MR) is 70.7 cm³/mol. The van der Waals surface area contributed by atoms with Crippen molar-refractivity contribution in [1.29, 1.82) is 0 Å². The smallest absolute Gasteiger partial charge is 0.408 e. The van der Waals surface area contributed by atoms with Crippen molar-refractivity contribution in [3.8, 4) is 0 Å². The van der Waals surface area contributed by atoms with Crippen LogP contribution in [0.1, 0.15) is 6.92 Å². The fourth-order valence-electron chi connectivity index (χ4n) is 1.60. The molecule has 9 heteroatoms. The zero-order valence-electron chi connectivity index (χ0n) is 10.6. The number of hydrogen-bond donors (Lipinski definition) is 3. The molecule has 0 unspecified atom stereocenters. The quantitative estimate of drug-likeness (QED) is 0.645. The number of nitrogens with one attached hydrogen (secondary N) is 3. The number of aromatic amines is 1. The number of benzene rings is 1. The van der Waals surface area contributed by atoms with Crippen molar-refractivity contribution in [3.05, 3.63) is 28.7 Å². The highest BCUT2D eigenvalue weighted by atomic mass is 32.2. The van der Waals surface area contributed by atoms with Crippen LogP contribution in [-0.2, 0) is 14.8 Å². The highest BCUT2D eigenvalue weighted by Gasteiger charge is 2.15. The molecule has 0 atom stereocenters. The number of amides is 1. The van der Waals surface area contributed by atoms with E-state index in [9.17, 15) is 18.0 Å². The molecule has 1 amide bonds. The van der Waals surface area contributed by atoms with Crippen molar-refractivity contribution < 1.29 is 17.6 Å². The lowest BCUT2D eigenvalue weighted by atomic mass is 10.3. The van der Waals surface area contributed by atoms with Crippen LogP contribution < -0.4 is 15.8 Å². The largest absolute Gasteiger partial charge is 0.417 e. The maximum absolute atomic E-state index is 12.0. The highest BCUT2D eigenvalue weighted by Crippen LogP contribution is 2.16. The Hall–Kier alpha value is -2.13. The first-order chi connectivity index (χ1) is 9.38. The van der Waals surface area contributed by atoms with Gasteiger partial charge in [0.1, 0.15) is 0 Å². The zero-order chi connectivity index (χ0) is 14.8. The first-order valence-corrected chi connectivity index (χ1v) is 7.24. The average Bonchev–Trinajstić information content (AvgIpc) is 2.73. The van der Waals surface area contributed by atoms with Gasteiger partial charge in [0.05, 0.1) is 10.4 Å². The van der Waals surface area contributed by atoms with Gasteiger partial charge in [0.2, 0.25) is 15.9 Å². The first-order valence-electron chi connectivity index (χ1n) is 5.75. The number of sulfonamides is 1. The van der Waals surface area contributed by atoms with Crippen LogP contribution in [0.5, 0.6) is 0 Å². The molecule has 0 aliphatic rings. The third kappa shape index (κ3) is 3.25. The van der Waals surface area contributed by atoms with Crippen molar-refractivity contribution in [2.45, 2.75) is 11.8 Å². The third-order valence-corrected chi connectivity index (χ3v) is 3.95. The van der Waals surface area contributed by atoms with E-state index in [-0.39, 0.29) is 29.5 Å². The number of hydrogen-bond acceptors (Lipinski definition) is 5. The number of oxazole rings is 1. The van der Waals surface area contributed by atoms with Crippen LogP contribution in [0.4, 0.5) is 0 Å². The average molecular weight is 299 g/mol. The summed E-state index contributed by atoms with van der Waals surface area (Å²) < 4.78 is 31.1. The maximum Gasteiger partial charge on any atom is 0.417 e. The summed E-state index contributed by atoms with van der Waals surface area (Å²) in [6, 6.07) is 4.06. The van der Waals surface area contributed by atoms with E-state index >= 15 is 0 Å². The van der Waals surface area contributed by atoms with Gasteiger partial charge in [0.15, 0.2) is 5.58 Å². The van der Waals surface area contributed by atoms with Crippen LogP contribution in [-0.4, -0.2) is 32.4 Å². The second kappa shape index (κ2) is 5.47. The van der Waals surface area contributed by atoms with Gasteiger partial charge < -0.3 is 9.73 Å². The fraction of sp³-hybridized carbons (Fsp3) is 0.273. The number of fused-ring (bicyclic) bond motifs is 1. The molecule has 1 aromatic heterocycles. The molecule has 0 spiro atoms. The molecule has 0 aliphatic carbocycles. The van der Waals surface area contributed by atoms with Gasteiger partial charge in [-0.05, 0) is 12.1 Å². The molecule has 0 saturated heterocycles. The van der Waals surface area contributed by atoms with Crippen molar-refractivity contribution in [1.82, 2.24) is 15.0 Å². The molecule has 0 saturated carbocycles. The van der Waals surface area contributed by atoms with Crippen LogP contribution in [0, 0.1) is 0 Å². The minimum Gasteiger partial charge on any atom is -0.408 e. The summed E-state index contributed by atoms with van der Waals surface area (Å²) in [6.45, 7) is 1.60. The summed E-state index contributed by atoms with van der Waals surface area (Å²) in [5, 5.41) is 2.47. The van der Waals surface area contributed by atoms with E-state index in [2.05, 4.69) is 15.0 Å². The second-order valence-electron chi connectivity index (χ2n) is 4.05. The Morgan fingerprint density at radius 1 is 1.35 bits per heavy atom. The molecule has 0 aliphatic heterocycles. The molecule has 0 radical (unpaired) electrons. The van der Waals surface area contributed by atoms with Crippen molar-refractivity contribution in [2.24, 2.45) is 0 Å². The Morgan fingerprint density at radius 2 is 2.10 bits per heavy atom. The van der Waals surface area contributed by atoms with Crippen molar-refractivity contribution in [3.63, 3.8) is 0 Å². The van der Waals surface area contributed by atoms with Gasteiger partial charge in [0, 0.05) is 26.1 Å². The number of rotatable bonds is 5. The van der Waals surface area contributed by atoms with E-state index in [0.29, 0.717) is 5.52 Å². The molecule has 0 bridgehead atoms. The van der Waals surface area contributed by atoms with Crippen LogP contribution in [0.3, 0.4) is 0 Å². The molecule has 3 N–H and O–H groups in total. The standard InChI is InChI=1S/C11H13N3O5S/c1-7(15)12-4-5-13-20(17,18)8-2-3-9-10(6-8)19-11(16)14-9/h2-3,6,13H,4-5H2,1H3,(H,12,15)(H,14,16). The molecule has 2 aromatic rings. The van der Waals surface area contributed by atoms with Crippen molar-refractivity contribution >= 4 is 27.0 Å². The Morgan fingerprint density at radius 3 is 2.80 bits per heavy atom. The lowest BCUT2D eigenvalue weighted by Gasteiger charge is -2.06. The molecule has 0 fully saturated rings. The van der Waals surface area contributed by atoms with Crippen LogP contribution in [0.25, 0.3) is 11.1 Å². The monoisotopic (exact) mass is 299 g/mol. The summed E-state index contributed by atoms with van der Waals surface area (Å²) in [6.07, 6.45) is 0. The summed E-state index contributed by atoms with van der Waals surface area (Å²) in [7, 11) is -3.72. The van der Waals surface area contributed by atoms with Gasteiger partial charge in [-0.2, -0.15) is 0 Å². The Bertz CT molecular complexity index is 790. The molecule has 8 nitrogen and oxygen atoms in total. The van der Waals surface area contributed by atoms with E-state index < -0.39 is 15.8 Å². The molecular formula is C11H13N3O5S. The summed E-state index contributed by atoms with van der Waals surface area (Å²) in [5.74, 6) is -0.882. The number of carbonyl (C=O) groups excluding carboxylic acids is 1. The molecule has 20 heavy (non-hydrogen) atoms. The van der Waals surface area contributed by atoms with Gasteiger partial charge in [-0.25, -0.2) is 17.9 Å². The lowest BCUT2D eigenvalue weighted by Crippen LogP contribution is -2.33. The van der Waals surface area contributed by atoms with E-state index in [1.165, 1.54) is 25.1 Å². The van der Waals surface area contributed by atoms with E-state index in [1.54, 1.807) is 0 Å². The summed E-state index contributed by atoms with van der Waals surface area (Å²) >= 11 is 0. The van der Waals surface area contributed by atoms with Gasteiger partial charge in [0.25, 0.3) is 0 Å². The van der Waals surface area contributed by atoms with Gasteiger partial charge >= 0.3 is 5.76 Å². The van der Waals surface area contributed by atoms with E-state index in [0.717, 1.165) is 0 Å². The Balaban J connectivity index is 2.14. The SMILES string of the molecule is CC(=O)NCCNS(=O)(=O)c1ccc2[nH]c(=O)oc2c1. The molecule has 1 aromatic carbocycles.